The standard InChI is InChI=1S/C16H18N2O2/c19-15-12-10-17-9-5-4-8-13(17)14(12)16(20)18(15)11-6-2-1-3-7-11/h1-3,6-7,12-14H,4-5,8-10H2/t12-,13+,14-/m0/s1. The topological polar surface area (TPSA) is 40.6 Å². The number of anilines is 1. The van der Waals surface area contributed by atoms with Gasteiger partial charge in [-0.2, -0.15) is 0 Å². The maximum absolute atomic E-state index is 12.7. The van der Waals surface area contributed by atoms with Gasteiger partial charge < -0.3 is 0 Å². The van der Waals surface area contributed by atoms with Crippen molar-refractivity contribution in [1.82, 2.24) is 4.90 Å². The van der Waals surface area contributed by atoms with Crippen molar-refractivity contribution >= 4 is 17.5 Å². The average molecular weight is 270 g/mol. The molecule has 0 saturated carbocycles. The lowest BCUT2D eigenvalue weighted by Gasteiger charge is -2.32. The van der Waals surface area contributed by atoms with Crippen LogP contribution in [0.2, 0.25) is 0 Å². The van der Waals surface area contributed by atoms with E-state index in [-0.39, 0.29) is 23.7 Å². The van der Waals surface area contributed by atoms with E-state index in [0.29, 0.717) is 6.04 Å². The number of carbonyl (C=O) groups is 2. The molecule has 0 radical (unpaired) electrons. The Bertz CT molecular complexity index is 557. The first-order chi connectivity index (χ1) is 9.77. The molecule has 104 valence electrons. The zero-order valence-electron chi connectivity index (χ0n) is 11.4. The van der Waals surface area contributed by atoms with E-state index in [9.17, 15) is 9.59 Å². The van der Waals surface area contributed by atoms with Crippen molar-refractivity contribution in [2.24, 2.45) is 11.8 Å². The Morgan fingerprint density at radius 3 is 2.60 bits per heavy atom. The molecule has 3 saturated heterocycles. The molecule has 0 aliphatic carbocycles. The molecule has 4 rings (SSSR count). The number of hydrogen-bond acceptors (Lipinski definition) is 3. The van der Waals surface area contributed by atoms with Crippen LogP contribution < -0.4 is 4.90 Å². The highest BCUT2D eigenvalue weighted by Crippen LogP contribution is 2.43. The predicted molar refractivity (Wildman–Crippen MR) is 75.1 cm³/mol. The number of nitrogens with zero attached hydrogens (tertiary/aromatic N) is 2. The van der Waals surface area contributed by atoms with Crippen molar-refractivity contribution in [3.63, 3.8) is 0 Å². The molecule has 3 fully saturated rings. The van der Waals surface area contributed by atoms with Gasteiger partial charge in [0.25, 0.3) is 0 Å². The second-order valence-electron chi connectivity index (χ2n) is 6.04. The average Bonchev–Trinajstić information content (AvgIpc) is 2.97. The molecule has 0 spiro atoms. The molecule has 3 heterocycles. The van der Waals surface area contributed by atoms with Crippen LogP contribution >= 0.6 is 0 Å². The maximum Gasteiger partial charge on any atom is 0.239 e. The van der Waals surface area contributed by atoms with Crippen LogP contribution in [0.1, 0.15) is 19.3 Å². The van der Waals surface area contributed by atoms with Gasteiger partial charge in [-0.25, -0.2) is 4.90 Å². The van der Waals surface area contributed by atoms with E-state index in [4.69, 9.17) is 0 Å². The largest absolute Gasteiger partial charge is 0.299 e. The number of para-hydroxylation sites is 1. The maximum atomic E-state index is 12.7. The molecule has 3 atom stereocenters. The fourth-order valence-corrected chi connectivity index (χ4v) is 4.11. The number of amides is 2. The first-order valence-corrected chi connectivity index (χ1v) is 7.44. The summed E-state index contributed by atoms with van der Waals surface area (Å²) in [6, 6.07) is 9.62. The number of carbonyl (C=O) groups excluding carboxylic acids is 2. The number of fused-ring (bicyclic) bond motifs is 3. The predicted octanol–water partition coefficient (Wildman–Crippen LogP) is 1.66. The summed E-state index contributed by atoms with van der Waals surface area (Å²) in [6.45, 7) is 1.81. The molecule has 0 unspecified atom stereocenters. The van der Waals surface area contributed by atoms with Gasteiger partial charge in [-0.1, -0.05) is 24.6 Å². The summed E-state index contributed by atoms with van der Waals surface area (Å²) < 4.78 is 0. The molecule has 0 N–H and O–H groups in total. The molecule has 3 aliphatic rings. The molecule has 0 bridgehead atoms. The Kier molecular flexibility index (Phi) is 2.67. The Balaban J connectivity index is 1.68. The SMILES string of the molecule is O=C1[C@H]2[C@H](CN3CCCC[C@H]23)C(=O)N1c1ccccc1. The molecular formula is C16H18N2O2. The summed E-state index contributed by atoms with van der Waals surface area (Å²) in [5.74, 6) is -0.213. The highest BCUT2D eigenvalue weighted by atomic mass is 16.2. The second-order valence-corrected chi connectivity index (χ2v) is 6.04. The van der Waals surface area contributed by atoms with Gasteiger partial charge in [-0.05, 0) is 31.5 Å². The Morgan fingerprint density at radius 1 is 1.00 bits per heavy atom. The van der Waals surface area contributed by atoms with Crippen molar-refractivity contribution in [3.8, 4) is 0 Å². The van der Waals surface area contributed by atoms with Gasteiger partial charge in [0.05, 0.1) is 17.5 Å². The Morgan fingerprint density at radius 2 is 1.80 bits per heavy atom. The molecule has 20 heavy (non-hydrogen) atoms. The van der Waals surface area contributed by atoms with Crippen molar-refractivity contribution < 1.29 is 9.59 Å². The lowest BCUT2D eigenvalue weighted by molar-refractivity contribution is -0.123. The first kappa shape index (κ1) is 12.1. The van der Waals surface area contributed by atoms with Gasteiger partial charge in [0.2, 0.25) is 11.8 Å². The van der Waals surface area contributed by atoms with E-state index in [2.05, 4.69) is 4.90 Å². The molecular weight excluding hydrogens is 252 g/mol. The fraction of sp³-hybridized carbons (Fsp3) is 0.500. The lowest BCUT2D eigenvalue weighted by Crippen LogP contribution is -2.43. The van der Waals surface area contributed by atoms with Crippen molar-refractivity contribution in [2.75, 3.05) is 18.0 Å². The normalized spacial score (nSPS) is 33.4. The number of imide groups is 1. The van der Waals surface area contributed by atoms with E-state index in [1.165, 1.54) is 17.7 Å². The highest BCUT2D eigenvalue weighted by Gasteiger charge is 2.57. The minimum Gasteiger partial charge on any atom is -0.299 e. The Labute approximate surface area is 118 Å². The van der Waals surface area contributed by atoms with Gasteiger partial charge in [-0.3, -0.25) is 14.5 Å². The highest BCUT2D eigenvalue weighted by molar-refractivity contribution is 6.22. The van der Waals surface area contributed by atoms with Gasteiger partial charge in [-0.15, -0.1) is 0 Å². The number of piperidine rings is 1. The third kappa shape index (κ3) is 1.57. The van der Waals surface area contributed by atoms with Crippen molar-refractivity contribution in [2.45, 2.75) is 25.3 Å². The summed E-state index contributed by atoms with van der Waals surface area (Å²) in [6.07, 6.45) is 3.43. The molecule has 2 amide bonds. The third-order valence-electron chi connectivity index (χ3n) is 5.00. The third-order valence-corrected chi connectivity index (χ3v) is 5.00. The summed E-state index contributed by atoms with van der Waals surface area (Å²) in [4.78, 5) is 29.1. The lowest BCUT2D eigenvalue weighted by atomic mass is 9.89. The summed E-state index contributed by atoms with van der Waals surface area (Å²) in [7, 11) is 0. The van der Waals surface area contributed by atoms with E-state index in [0.717, 1.165) is 25.2 Å². The minimum absolute atomic E-state index is 0.000556. The van der Waals surface area contributed by atoms with E-state index in [1.807, 2.05) is 30.3 Å². The zero-order valence-corrected chi connectivity index (χ0v) is 11.4. The quantitative estimate of drug-likeness (QED) is 0.729. The van der Waals surface area contributed by atoms with Crippen LogP contribution in [0.25, 0.3) is 0 Å². The summed E-state index contributed by atoms with van der Waals surface area (Å²) >= 11 is 0. The van der Waals surface area contributed by atoms with Crippen LogP contribution in [-0.4, -0.2) is 35.8 Å². The van der Waals surface area contributed by atoms with Crippen molar-refractivity contribution in [3.05, 3.63) is 30.3 Å². The summed E-state index contributed by atoms with van der Waals surface area (Å²) in [5, 5.41) is 0. The van der Waals surface area contributed by atoms with Crippen LogP contribution in [0, 0.1) is 11.8 Å². The van der Waals surface area contributed by atoms with Gasteiger partial charge >= 0.3 is 0 Å². The fourth-order valence-electron chi connectivity index (χ4n) is 4.11. The van der Waals surface area contributed by atoms with Gasteiger partial charge in [0.15, 0.2) is 0 Å². The number of rotatable bonds is 1. The van der Waals surface area contributed by atoms with Crippen LogP contribution in [-0.2, 0) is 9.59 Å². The van der Waals surface area contributed by atoms with E-state index < -0.39 is 0 Å². The van der Waals surface area contributed by atoms with E-state index >= 15 is 0 Å². The monoisotopic (exact) mass is 270 g/mol. The molecule has 1 aromatic carbocycles. The number of benzene rings is 1. The zero-order chi connectivity index (χ0) is 13.7. The van der Waals surface area contributed by atoms with Crippen molar-refractivity contribution in [1.29, 1.82) is 0 Å². The molecule has 4 heteroatoms. The minimum atomic E-state index is -0.120. The van der Waals surface area contributed by atoms with Crippen LogP contribution in [0.5, 0.6) is 0 Å². The van der Waals surface area contributed by atoms with Crippen LogP contribution in [0.3, 0.4) is 0 Å². The van der Waals surface area contributed by atoms with Gasteiger partial charge in [0, 0.05) is 12.6 Å². The molecule has 1 aromatic rings. The van der Waals surface area contributed by atoms with Crippen LogP contribution in [0.4, 0.5) is 5.69 Å². The molecule has 4 nitrogen and oxygen atoms in total. The molecule has 3 aliphatic heterocycles. The summed E-state index contributed by atoms with van der Waals surface area (Å²) in [5.41, 5.74) is 0.722. The number of hydrogen-bond donors (Lipinski definition) is 0. The smallest absolute Gasteiger partial charge is 0.239 e. The van der Waals surface area contributed by atoms with Gasteiger partial charge in [0.1, 0.15) is 0 Å². The second kappa shape index (κ2) is 4.42. The molecule has 0 aromatic heterocycles. The Hall–Kier alpha value is -1.68. The van der Waals surface area contributed by atoms with E-state index in [1.54, 1.807) is 0 Å². The first-order valence-electron chi connectivity index (χ1n) is 7.44. The van der Waals surface area contributed by atoms with Crippen LogP contribution in [0.15, 0.2) is 30.3 Å².